The molecule has 0 atom stereocenters. The van der Waals surface area contributed by atoms with Crippen LogP contribution in [0.2, 0.25) is 0 Å². The number of aryl methyl sites for hydroxylation is 1. The lowest BCUT2D eigenvalue weighted by atomic mass is 10.1. The minimum absolute atomic E-state index is 0.0108. The second-order valence-electron chi connectivity index (χ2n) is 5.87. The Hall–Kier alpha value is -2.24. The van der Waals surface area contributed by atoms with Crippen molar-refractivity contribution in [2.75, 3.05) is 0 Å². The molecule has 2 aromatic heterocycles. The van der Waals surface area contributed by atoms with Crippen molar-refractivity contribution in [3.05, 3.63) is 86.9 Å². The van der Waals surface area contributed by atoms with Crippen molar-refractivity contribution in [2.45, 2.75) is 13.5 Å². The van der Waals surface area contributed by atoms with Crippen LogP contribution in [0.1, 0.15) is 11.1 Å². The fourth-order valence-corrected chi connectivity index (χ4v) is 4.50. The molecular weight excluding hydrogens is 396 g/mol. The van der Waals surface area contributed by atoms with Crippen molar-refractivity contribution in [1.29, 1.82) is 0 Å². The lowest BCUT2D eigenvalue weighted by molar-refractivity contribution is 0.746. The summed E-state index contributed by atoms with van der Waals surface area (Å²) in [6.45, 7) is 2.51. The van der Waals surface area contributed by atoms with Gasteiger partial charge in [-0.3, -0.25) is 9.36 Å². The number of aromatic nitrogens is 2. The highest BCUT2D eigenvalue weighted by atomic mass is 79.9. The normalized spacial score (nSPS) is 11.1. The van der Waals surface area contributed by atoms with Crippen LogP contribution in [0.5, 0.6) is 0 Å². The Morgan fingerprint density at radius 1 is 1.08 bits per heavy atom. The van der Waals surface area contributed by atoms with Crippen LogP contribution >= 0.6 is 27.3 Å². The topological polar surface area (TPSA) is 34.9 Å². The van der Waals surface area contributed by atoms with Crippen molar-refractivity contribution in [1.82, 2.24) is 9.55 Å². The number of hydrogen-bond acceptors (Lipinski definition) is 3. The second-order valence-corrected chi connectivity index (χ2v) is 7.72. The number of benzene rings is 2. The first-order valence-electron chi connectivity index (χ1n) is 7.92. The van der Waals surface area contributed by atoms with Gasteiger partial charge in [0.2, 0.25) is 0 Å². The van der Waals surface area contributed by atoms with E-state index in [1.54, 1.807) is 22.2 Å². The van der Waals surface area contributed by atoms with E-state index in [1.807, 2.05) is 49.4 Å². The van der Waals surface area contributed by atoms with Crippen molar-refractivity contribution >= 4 is 37.5 Å². The van der Waals surface area contributed by atoms with Crippen LogP contribution in [0, 0.1) is 6.92 Å². The van der Waals surface area contributed by atoms with E-state index in [4.69, 9.17) is 0 Å². The van der Waals surface area contributed by atoms with Gasteiger partial charge in [0.1, 0.15) is 4.83 Å². The minimum atomic E-state index is 0.0108. The highest BCUT2D eigenvalue weighted by Gasteiger charge is 2.16. The zero-order valence-electron chi connectivity index (χ0n) is 13.6. The minimum Gasteiger partial charge on any atom is -0.294 e. The molecular formula is C20H15BrN2OS. The maximum atomic E-state index is 13.0. The van der Waals surface area contributed by atoms with Crippen molar-refractivity contribution in [2.24, 2.45) is 0 Å². The first-order chi connectivity index (χ1) is 12.1. The van der Waals surface area contributed by atoms with E-state index in [9.17, 15) is 4.79 Å². The van der Waals surface area contributed by atoms with E-state index in [0.717, 1.165) is 36.3 Å². The molecule has 0 aliphatic heterocycles. The monoisotopic (exact) mass is 410 g/mol. The molecule has 4 rings (SSSR count). The lowest BCUT2D eigenvalue weighted by Gasteiger charge is -2.07. The Kier molecular flexibility index (Phi) is 4.27. The third-order valence-corrected chi connectivity index (χ3v) is 6.27. The van der Waals surface area contributed by atoms with Gasteiger partial charge in [-0.15, -0.1) is 11.3 Å². The van der Waals surface area contributed by atoms with Gasteiger partial charge in [-0.1, -0.05) is 64.5 Å². The molecule has 0 saturated carbocycles. The maximum absolute atomic E-state index is 13.0. The summed E-state index contributed by atoms with van der Waals surface area (Å²) >= 11 is 5.12. The van der Waals surface area contributed by atoms with Gasteiger partial charge < -0.3 is 0 Å². The van der Waals surface area contributed by atoms with E-state index >= 15 is 0 Å². The van der Waals surface area contributed by atoms with Gasteiger partial charge in [0.25, 0.3) is 5.56 Å². The summed E-state index contributed by atoms with van der Waals surface area (Å²) in [5, 5.41) is 0.721. The van der Waals surface area contributed by atoms with Crippen LogP contribution in [0.15, 0.2) is 70.2 Å². The molecule has 0 aliphatic carbocycles. The summed E-state index contributed by atoms with van der Waals surface area (Å²) in [6.07, 6.45) is 1.65. The summed E-state index contributed by atoms with van der Waals surface area (Å²) in [7, 11) is 0. The lowest BCUT2D eigenvalue weighted by Crippen LogP contribution is -2.21. The van der Waals surface area contributed by atoms with E-state index in [0.29, 0.717) is 6.54 Å². The first-order valence-corrected chi connectivity index (χ1v) is 9.53. The standard InChI is InChI=1S/C20H15BrN2OS/c1-13-17-19(25-18(13)14-7-3-2-4-8-14)22-12-23(20(17)24)11-15-9-5-6-10-16(15)21/h2-10,12H,11H2,1H3. The highest BCUT2D eigenvalue weighted by Crippen LogP contribution is 2.35. The average molecular weight is 411 g/mol. The van der Waals surface area contributed by atoms with E-state index in [-0.39, 0.29) is 5.56 Å². The van der Waals surface area contributed by atoms with Gasteiger partial charge in [0.05, 0.1) is 18.3 Å². The van der Waals surface area contributed by atoms with Crippen molar-refractivity contribution < 1.29 is 0 Å². The van der Waals surface area contributed by atoms with Crippen LogP contribution in [-0.2, 0) is 6.54 Å². The van der Waals surface area contributed by atoms with Gasteiger partial charge in [-0.05, 0) is 29.7 Å². The number of fused-ring (bicyclic) bond motifs is 1. The van der Waals surface area contributed by atoms with Crippen LogP contribution in [0.3, 0.4) is 0 Å². The molecule has 0 spiro atoms. The zero-order valence-corrected chi connectivity index (χ0v) is 16.0. The molecule has 25 heavy (non-hydrogen) atoms. The van der Waals surface area contributed by atoms with Gasteiger partial charge in [-0.2, -0.15) is 0 Å². The predicted octanol–water partition coefficient (Wildman–Crippen LogP) is 5.24. The van der Waals surface area contributed by atoms with Crippen molar-refractivity contribution in [3.63, 3.8) is 0 Å². The molecule has 0 saturated heterocycles. The number of thiophene rings is 1. The van der Waals surface area contributed by atoms with Crippen LogP contribution in [0.25, 0.3) is 20.7 Å². The molecule has 0 radical (unpaired) electrons. The highest BCUT2D eigenvalue weighted by molar-refractivity contribution is 9.10. The summed E-state index contributed by atoms with van der Waals surface area (Å²) in [6, 6.07) is 18.1. The quantitative estimate of drug-likeness (QED) is 0.462. The first kappa shape index (κ1) is 16.2. The van der Waals surface area contributed by atoms with Gasteiger partial charge in [0.15, 0.2) is 0 Å². The van der Waals surface area contributed by atoms with Gasteiger partial charge in [0, 0.05) is 9.35 Å². The average Bonchev–Trinajstić information content (AvgIpc) is 2.97. The second kappa shape index (κ2) is 6.58. The Morgan fingerprint density at radius 2 is 1.80 bits per heavy atom. The Morgan fingerprint density at radius 3 is 2.56 bits per heavy atom. The molecule has 0 aliphatic rings. The molecule has 0 amide bonds. The summed E-state index contributed by atoms with van der Waals surface area (Å²) in [4.78, 5) is 19.5. The predicted molar refractivity (Wildman–Crippen MR) is 107 cm³/mol. The molecule has 5 heteroatoms. The fourth-order valence-electron chi connectivity index (χ4n) is 2.95. The molecule has 0 fully saturated rings. The number of rotatable bonds is 3. The van der Waals surface area contributed by atoms with Gasteiger partial charge in [-0.25, -0.2) is 4.98 Å². The Labute approximate surface area is 157 Å². The Balaban J connectivity index is 1.85. The molecule has 0 bridgehead atoms. The SMILES string of the molecule is Cc1c(-c2ccccc2)sc2ncn(Cc3ccccc3Br)c(=O)c12. The molecule has 4 aromatic rings. The van der Waals surface area contributed by atoms with Crippen LogP contribution in [-0.4, -0.2) is 9.55 Å². The largest absolute Gasteiger partial charge is 0.294 e. The number of hydrogen-bond donors (Lipinski definition) is 0. The van der Waals surface area contributed by atoms with E-state index in [2.05, 4.69) is 33.0 Å². The summed E-state index contributed by atoms with van der Waals surface area (Å²) < 4.78 is 2.67. The third kappa shape index (κ3) is 2.94. The molecule has 3 nitrogen and oxygen atoms in total. The van der Waals surface area contributed by atoms with Gasteiger partial charge >= 0.3 is 0 Å². The van der Waals surface area contributed by atoms with Crippen LogP contribution < -0.4 is 5.56 Å². The fraction of sp³-hybridized carbons (Fsp3) is 0.100. The Bertz CT molecular complexity index is 1120. The number of halogens is 1. The smallest absolute Gasteiger partial charge is 0.262 e. The molecule has 2 aromatic carbocycles. The summed E-state index contributed by atoms with van der Waals surface area (Å²) in [5.41, 5.74) is 3.20. The summed E-state index contributed by atoms with van der Waals surface area (Å²) in [5.74, 6) is 0. The van der Waals surface area contributed by atoms with E-state index < -0.39 is 0 Å². The third-order valence-electron chi connectivity index (χ3n) is 4.25. The maximum Gasteiger partial charge on any atom is 0.262 e. The van der Waals surface area contributed by atoms with Crippen LogP contribution in [0.4, 0.5) is 0 Å². The van der Waals surface area contributed by atoms with E-state index in [1.165, 1.54) is 0 Å². The number of nitrogens with zero attached hydrogens (tertiary/aromatic N) is 2. The molecule has 0 unspecified atom stereocenters. The zero-order chi connectivity index (χ0) is 17.4. The van der Waals surface area contributed by atoms with Crippen molar-refractivity contribution in [3.8, 4) is 10.4 Å². The molecule has 124 valence electrons. The molecule has 2 heterocycles. The molecule has 0 N–H and O–H groups in total.